The Morgan fingerprint density at radius 3 is 2.92 bits per heavy atom. The molecule has 26 heavy (non-hydrogen) atoms. The van der Waals surface area contributed by atoms with Gasteiger partial charge in [-0.15, -0.1) is 0 Å². The Kier molecular flexibility index (Phi) is 5.80. The lowest BCUT2D eigenvalue weighted by molar-refractivity contribution is 0.0512. The zero-order valence-corrected chi connectivity index (χ0v) is 15.7. The maximum absolute atomic E-state index is 12.2. The van der Waals surface area contributed by atoms with Crippen molar-refractivity contribution in [2.24, 2.45) is 0 Å². The predicted molar refractivity (Wildman–Crippen MR) is 95.6 cm³/mol. The second-order valence-corrected chi connectivity index (χ2v) is 6.37. The lowest BCUT2D eigenvalue weighted by atomic mass is 10.2. The first-order valence-electron chi connectivity index (χ1n) is 8.26. The summed E-state index contributed by atoms with van der Waals surface area (Å²) in [5.41, 5.74) is 1.91. The number of rotatable bonds is 5. The number of hydrogen-bond acceptors (Lipinski definition) is 6. The van der Waals surface area contributed by atoms with Crippen molar-refractivity contribution in [3.63, 3.8) is 0 Å². The molecule has 140 valence electrons. The maximum Gasteiger partial charge on any atom is 0.358 e. The van der Waals surface area contributed by atoms with Gasteiger partial charge in [0, 0.05) is 19.1 Å². The van der Waals surface area contributed by atoms with Gasteiger partial charge in [0.25, 0.3) is 0 Å². The third-order valence-corrected chi connectivity index (χ3v) is 4.45. The van der Waals surface area contributed by atoms with Crippen molar-refractivity contribution in [1.29, 1.82) is 0 Å². The molecule has 2 aromatic rings. The van der Waals surface area contributed by atoms with Crippen molar-refractivity contribution in [1.82, 2.24) is 9.55 Å². The molecule has 1 aliphatic rings. The molecule has 1 aromatic carbocycles. The average Bonchev–Trinajstić information content (AvgIpc) is 2.86. The van der Waals surface area contributed by atoms with E-state index in [0.29, 0.717) is 41.9 Å². The number of halogens is 1. The largest absolute Gasteiger partial charge is 0.466 e. The second-order valence-electron chi connectivity index (χ2n) is 5.96. The first kappa shape index (κ1) is 18.7. The highest BCUT2D eigenvalue weighted by Gasteiger charge is 2.27. The van der Waals surface area contributed by atoms with Gasteiger partial charge in [-0.3, -0.25) is 0 Å². The molecule has 1 aliphatic heterocycles. The molecule has 0 saturated heterocycles. The minimum absolute atomic E-state index is 0.00878. The van der Waals surface area contributed by atoms with Gasteiger partial charge < -0.3 is 23.5 Å². The van der Waals surface area contributed by atoms with Crippen LogP contribution in [0.1, 0.15) is 23.1 Å². The number of aromatic nitrogens is 2. The van der Waals surface area contributed by atoms with Crippen LogP contribution in [0.2, 0.25) is 5.02 Å². The monoisotopic (exact) mass is 380 g/mol. The fourth-order valence-electron chi connectivity index (χ4n) is 2.96. The number of carbonyl (C=O) groups excluding carboxylic acids is 1. The summed E-state index contributed by atoms with van der Waals surface area (Å²) >= 11 is 6.32. The van der Waals surface area contributed by atoms with Crippen molar-refractivity contribution >= 4 is 17.6 Å². The average molecular weight is 381 g/mol. The van der Waals surface area contributed by atoms with Gasteiger partial charge >= 0.3 is 5.97 Å². The molecule has 1 atom stereocenters. The molecule has 1 aromatic heterocycles. The molecule has 0 N–H and O–H groups in total. The van der Waals surface area contributed by atoms with Crippen LogP contribution >= 0.6 is 11.6 Å². The highest BCUT2D eigenvalue weighted by molar-refractivity contribution is 6.32. The number of ether oxygens (including phenoxy) is 4. The maximum atomic E-state index is 12.2. The highest BCUT2D eigenvalue weighted by Crippen LogP contribution is 2.32. The zero-order valence-electron chi connectivity index (χ0n) is 15.0. The normalized spacial score (nSPS) is 16.7. The number of fused-ring (bicyclic) bond motifs is 1. The molecule has 7 nitrogen and oxygen atoms in total. The smallest absolute Gasteiger partial charge is 0.358 e. The molecular weight excluding hydrogens is 360 g/mol. The molecule has 0 spiro atoms. The Bertz CT molecular complexity index is 805. The van der Waals surface area contributed by atoms with E-state index in [1.165, 1.54) is 7.11 Å². The van der Waals surface area contributed by atoms with Crippen molar-refractivity contribution in [2.75, 3.05) is 27.6 Å². The van der Waals surface area contributed by atoms with Crippen LogP contribution in [0.4, 0.5) is 0 Å². The summed E-state index contributed by atoms with van der Waals surface area (Å²) in [5.74, 6) is 0.712. The first-order chi connectivity index (χ1) is 12.5. The number of hydrogen-bond donors (Lipinski definition) is 0. The zero-order chi connectivity index (χ0) is 18.7. The summed E-state index contributed by atoms with van der Waals surface area (Å²) in [4.78, 5) is 16.7. The van der Waals surface area contributed by atoms with Gasteiger partial charge in [0.05, 0.1) is 37.1 Å². The van der Waals surface area contributed by atoms with E-state index >= 15 is 0 Å². The van der Waals surface area contributed by atoms with Crippen molar-refractivity contribution in [3.05, 3.63) is 34.6 Å². The summed E-state index contributed by atoms with van der Waals surface area (Å²) < 4.78 is 22.9. The van der Waals surface area contributed by atoms with Gasteiger partial charge in [-0.1, -0.05) is 11.6 Å². The quantitative estimate of drug-likeness (QED) is 0.586. The van der Waals surface area contributed by atoms with Gasteiger partial charge in [0.2, 0.25) is 0 Å². The van der Waals surface area contributed by atoms with Gasteiger partial charge in [-0.25, -0.2) is 9.78 Å². The lowest BCUT2D eigenvalue weighted by Gasteiger charge is -2.13. The Labute approximate surface area is 156 Å². The number of benzene rings is 1. The Hall–Kier alpha value is -2.09. The Morgan fingerprint density at radius 1 is 1.42 bits per heavy atom. The molecule has 0 saturated carbocycles. The molecule has 0 bridgehead atoms. The Balaban J connectivity index is 2.05. The van der Waals surface area contributed by atoms with Gasteiger partial charge in [0.15, 0.2) is 12.5 Å². The van der Waals surface area contributed by atoms with Crippen LogP contribution in [0.25, 0.3) is 11.4 Å². The van der Waals surface area contributed by atoms with E-state index in [1.54, 1.807) is 19.2 Å². The second kappa shape index (κ2) is 8.07. The standard InChI is InChI=1S/C18H21ClN2O5/c1-11-9-21-14(6-7-25-11)16(18(22)24-3)20-17(21)12-4-5-15(13(19)8-12)26-10-23-2/h4-5,8,11H,6-7,9-10H2,1-3H3. The molecule has 0 fully saturated rings. The van der Waals surface area contributed by atoms with E-state index in [9.17, 15) is 4.79 Å². The molecule has 0 aliphatic carbocycles. The van der Waals surface area contributed by atoms with E-state index in [1.807, 2.05) is 17.6 Å². The van der Waals surface area contributed by atoms with Crippen molar-refractivity contribution in [3.8, 4) is 17.1 Å². The first-order valence-corrected chi connectivity index (χ1v) is 8.64. The van der Waals surface area contributed by atoms with E-state index < -0.39 is 5.97 Å². The summed E-state index contributed by atoms with van der Waals surface area (Å²) in [6.07, 6.45) is 0.597. The van der Waals surface area contributed by atoms with E-state index in [-0.39, 0.29) is 12.9 Å². The van der Waals surface area contributed by atoms with Crippen LogP contribution in [-0.2, 0) is 27.2 Å². The highest BCUT2D eigenvalue weighted by atomic mass is 35.5. The van der Waals surface area contributed by atoms with E-state index in [0.717, 1.165) is 11.3 Å². The van der Waals surface area contributed by atoms with Crippen LogP contribution in [0.5, 0.6) is 5.75 Å². The topological polar surface area (TPSA) is 71.8 Å². The van der Waals surface area contributed by atoms with Crippen molar-refractivity contribution in [2.45, 2.75) is 26.0 Å². The Morgan fingerprint density at radius 2 is 2.23 bits per heavy atom. The van der Waals surface area contributed by atoms with Gasteiger partial charge in [0.1, 0.15) is 11.6 Å². The van der Waals surface area contributed by atoms with Crippen LogP contribution in [0.3, 0.4) is 0 Å². The minimum atomic E-state index is -0.458. The number of esters is 1. The fraction of sp³-hybridized carbons (Fsp3) is 0.444. The van der Waals surface area contributed by atoms with Crippen LogP contribution in [0.15, 0.2) is 18.2 Å². The van der Waals surface area contributed by atoms with Crippen LogP contribution in [0, 0.1) is 0 Å². The van der Waals surface area contributed by atoms with Gasteiger partial charge in [-0.2, -0.15) is 0 Å². The number of nitrogens with zero attached hydrogens (tertiary/aromatic N) is 2. The fourth-order valence-corrected chi connectivity index (χ4v) is 3.20. The van der Waals surface area contributed by atoms with Gasteiger partial charge in [-0.05, 0) is 25.1 Å². The number of methoxy groups -OCH3 is 2. The number of imidazole rings is 1. The van der Waals surface area contributed by atoms with Crippen LogP contribution in [-0.4, -0.2) is 49.2 Å². The molecule has 0 amide bonds. The molecular formula is C18H21ClN2O5. The van der Waals surface area contributed by atoms with E-state index in [2.05, 4.69) is 4.98 Å². The van der Waals surface area contributed by atoms with Crippen LogP contribution < -0.4 is 4.74 Å². The summed E-state index contributed by atoms with van der Waals surface area (Å²) in [6, 6.07) is 5.37. The summed E-state index contributed by atoms with van der Waals surface area (Å²) in [6.45, 7) is 3.22. The predicted octanol–water partition coefficient (Wildman–Crippen LogP) is 2.93. The molecule has 1 unspecified atom stereocenters. The third-order valence-electron chi connectivity index (χ3n) is 4.15. The summed E-state index contributed by atoms with van der Waals surface area (Å²) in [7, 11) is 2.89. The van der Waals surface area contributed by atoms with E-state index in [4.69, 9.17) is 30.5 Å². The number of carbonyl (C=O) groups is 1. The lowest BCUT2D eigenvalue weighted by Crippen LogP contribution is -2.15. The minimum Gasteiger partial charge on any atom is -0.466 e. The third kappa shape index (κ3) is 3.70. The van der Waals surface area contributed by atoms with Crippen molar-refractivity contribution < 1.29 is 23.7 Å². The molecule has 3 rings (SSSR count). The molecule has 8 heteroatoms. The molecule has 2 heterocycles. The SMILES string of the molecule is COCOc1ccc(-c2nc(C(=O)OC)c3n2CC(C)OCC3)cc1Cl. The molecule has 0 radical (unpaired) electrons. The summed E-state index contributed by atoms with van der Waals surface area (Å²) in [5, 5.41) is 0.439.